The molecule has 0 aliphatic heterocycles. The third-order valence-electron chi connectivity index (χ3n) is 2.05. The van der Waals surface area contributed by atoms with Gasteiger partial charge in [0.05, 0.1) is 24.8 Å². The number of nitriles is 1. The molecule has 4 nitrogen and oxygen atoms in total. The number of rotatable bonds is 5. The van der Waals surface area contributed by atoms with Gasteiger partial charge in [0.2, 0.25) is 0 Å². The maximum atomic E-state index is 9.08. The lowest BCUT2D eigenvalue weighted by molar-refractivity contribution is 0.153. The molecule has 2 N–H and O–H groups in total. The number of halogens is 1. The van der Waals surface area contributed by atoms with Gasteiger partial charge in [0.1, 0.15) is 6.07 Å². The molecule has 1 aromatic rings. The third kappa shape index (κ3) is 3.49. The molecule has 0 amide bonds. The van der Waals surface area contributed by atoms with Gasteiger partial charge < -0.3 is 15.2 Å². The summed E-state index contributed by atoms with van der Waals surface area (Å²) in [5.74, 6) is 0. The Labute approximate surface area is 103 Å². The van der Waals surface area contributed by atoms with E-state index in [1.54, 1.807) is 25.3 Å². The Morgan fingerprint density at radius 1 is 1.62 bits per heavy atom. The van der Waals surface area contributed by atoms with E-state index < -0.39 is 0 Å². The van der Waals surface area contributed by atoms with E-state index in [4.69, 9.17) is 15.1 Å². The molecule has 0 radical (unpaired) electrons. The number of hydrogen-bond donors (Lipinski definition) is 2. The van der Waals surface area contributed by atoms with E-state index in [1.807, 2.05) is 0 Å². The highest BCUT2D eigenvalue weighted by molar-refractivity contribution is 9.10. The number of hydrogen-bond acceptors (Lipinski definition) is 4. The fourth-order valence-electron chi connectivity index (χ4n) is 1.27. The zero-order valence-electron chi connectivity index (χ0n) is 8.90. The molecule has 0 saturated heterocycles. The summed E-state index contributed by atoms with van der Waals surface area (Å²) in [6, 6.07) is 7.23. The number of aliphatic hydroxyl groups excluding tert-OH is 1. The summed E-state index contributed by atoms with van der Waals surface area (Å²) in [5, 5.41) is 21.0. The fourth-order valence-corrected chi connectivity index (χ4v) is 1.74. The Hall–Kier alpha value is -1.09. The summed E-state index contributed by atoms with van der Waals surface area (Å²) in [6.45, 7) is 0.416. The van der Waals surface area contributed by atoms with Crippen LogP contribution in [0.5, 0.6) is 0 Å². The molecule has 0 aromatic heterocycles. The molecule has 0 spiro atoms. The maximum Gasteiger partial charge on any atom is 0.100 e. The predicted molar refractivity (Wildman–Crippen MR) is 65.2 cm³/mol. The molecule has 1 aromatic carbocycles. The van der Waals surface area contributed by atoms with Gasteiger partial charge in [-0.05, 0) is 34.1 Å². The number of nitrogens with one attached hydrogen (secondary N) is 1. The van der Waals surface area contributed by atoms with E-state index in [1.165, 1.54) is 0 Å². The van der Waals surface area contributed by atoms with Crippen LogP contribution >= 0.6 is 15.9 Å². The van der Waals surface area contributed by atoms with E-state index in [2.05, 4.69) is 27.3 Å². The molecular weight excluding hydrogens is 272 g/mol. The molecule has 1 unspecified atom stereocenters. The highest BCUT2D eigenvalue weighted by atomic mass is 79.9. The Balaban J connectivity index is 2.74. The monoisotopic (exact) mass is 284 g/mol. The van der Waals surface area contributed by atoms with E-state index in [0.717, 1.165) is 10.2 Å². The predicted octanol–water partition coefficient (Wildman–Crippen LogP) is 1.74. The Bertz CT molecular complexity index is 390. The van der Waals surface area contributed by atoms with Gasteiger partial charge in [-0.1, -0.05) is 0 Å². The van der Waals surface area contributed by atoms with Crippen molar-refractivity contribution in [3.05, 3.63) is 28.2 Å². The number of anilines is 1. The number of ether oxygens (including phenoxy) is 1. The van der Waals surface area contributed by atoms with Crippen LogP contribution in [0.2, 0.25) is 0 Å². The van der Waals surface area contributed by atoms with E-state index >= 15 is 0 Å². The Morgan fingerprint density at radius 3 is 2.88 bits per heavy atom. The van der Waals surface area contributed by atoms with Crippen LogP contribution in [-0.2, 0) is 4.74 Å². The molecule has 5 heteroatoms. The summed E-state index contributed by atoms with van der Waals surface area (Å²) in [6.07, 6.45) is 0. The van der Waals surface area contributed by atoms with Crippen molar-refractivity contribution in [2.24, 2.45) is 0 Å². The maximum absolute atomic E-state index is 9.08. The minimum atomic E-state index is -0.148. The highest BCUT2D eigenvalue weighted by Crippen LogP contribution is 2.21. The van der Waals surface area contributed by atoms with Crippen LogP contribution in [0, 0.1) is 11.3 Å². The van der Waals surface area contributed by atoms with Crippen molar-refractivity contribution in [3.8, 4) is 6.07 Å². The van der Waals surface area contributed by atoms with Gasteiger partial charge in [0.15, 0.2) is 0 Å². The summed E-state index contributed by atoms with van der Waals surface area (Å²) in [7, 11) is 1.58. The minimum Gasteiger partial charge on any atom is -0.394 e. The molecule has 0 aliphatic rings. The summed E-state index contributed by atoms with van der Waals surface area (Å²) >= 11 is 3.30. The van der Waals surface area contributed by atoms with Crippen molar-refractivity contribution in [3.63, 3.8) is 0 Å². The first-order chi connectivity index (χ1) is 7.71. The van der Waals surface area contributed by atoms with Gasteiger partial charge in [-0.3, -0.25) is 0 Å². The first-order valence-corrected chi connectivity index (χ1v) is 5.56. The zero-order valence-corrected chi connectivity index (χ0v) is 10.5. The van der Waals surface area contributed by atoms with Gasteiger partial charge in [-0.2, -0.15) is 5.26 Å². The second-order valence-electron chi connectivity index (χ2n) is 3.29. The van der Waals surface area contributed by atoms with Crippen LogP contribution in [-0.4, -0.2) is 31.5 Å². The number of benzene rings is 1. The van der Waals surface area contributed by atoms with Gasteiger partial charge in [0.25, 0.3) is 0 Å². The van der Waals surface area contributed by atoms with Gasteiger partial charge in [-0.25, -0.2) is 0 Å². The van der Waals surface area contributed by atoms with Crippen LogP contribution in [0.15, 0.2) is 22.7 Å². The molecule has 0 heterocycles. The van der Waals surface area contributed by atoms with Crippen molar-refractivity contribution >= 4 is 21.6 Å². The van der Waals surface area contributed by atoms with E-state index in [0.29, 0.717) is 12.2 Å². The molecule has 0 fully saturated rings. The average molecular weight is 285 g/mol. The Kier molecular flexibility index (Phi) is 5.26. The van der Waals surface area contributed by atoms with Crippen LogP contribution < -0.4 is 5.32 Å². The van der Waals surface area contributed by atoms with Crippen molar-refractivity contribution in [1.82, 2.24) is 0 Å². The molecule has 16 heavy (non-hydrogen) atoms. The number of methoxy groups -OCH3 is 1. The SMILES string of the molecule is COCC(CO)Nc1ccc(C#N)c(Br)c1. The van der Waals surface area contributed by atoms with Crippen molar-refractivity contribution in [2.75, 3.05) is 25.6 Å². The smallest absolute Gasteiger partial charge is 0.100 e. The fraction of sp³-hybridized carbons (Fsp3) is 0.364. The topological polar surface area (TPSA) is 65.3 Å². The largest absolute Gasteiger partial charge is 0.394 e. The molecule has 0 aliphatic carbocycles. The average Bonchev–Trinajstić information content (AvgIpc) is 2.28. The molecule has 0 bridgehead atoms. The van der Waals surface area contributed by atoms with Crippen LogP contribution in [0.4, 0.5) is 5.69 Å². The lowest BCUT2D eigenvalue weighted by atomic mass is 10.2. The van der Waals surface area contributed by atoms with Crippen molar-refractivity contribution in [1.29, 1.82) is 5.26 Å². The lowest BCUT2D eigenvalue weighted by Crippen LogP contribution is -2.28. The van der Waals surface area contributed by atoms with Crippen LogP contribution in [0.3, 0.4) is 0 Å². The van der Waals surface area contributed by atoms with Gasteiger partial charge in [0, 0.05) is 17.3 Å². The molecule has 1 atom stereocenters. The van der Waals surface area contributed by atoms with Gasteiger partial charge >= 0.3 is 0 Å². The lowest BCUT2D eigenvalue weighted by Gasteiger charge is -2.16. The number of nitrogens with zero attached hydrogens (tertiary/aromatic N) is 1. The second-order valence-corrected chi connectivity index (χ2v) is 4.14. The summed E-state index contributed by atoms with van der Waals surface area (Å²) in [4.78, 5) is 0. The van der Waals surface area contributed by atoms with E-state index in [-0.39, 0.29) is 12.6 Å². The summed E-state index contributed by atoms with van der Waals surface area (Å²) in [5.41, 5.74) is 1.42. The van der Waals surface area contributed by atoms with Crippen molar-refractivity contribution < 1.29 is 9.84 Å². The zero-order chi connectivity index (χ0) is 12.0. The minimum absolute atomic E-state index is 0.00847. The third-order valence-corrected chi connectivity index (χ3v) is 2.70. The standard InChI is InChI=1S/C11H13BrN2O2/c1-16-7-10(6-15)14-9-3-2-8(5-13)11(12)4-9/h2-4,10,14-15H,6-7H2,1H3. The summed E-state index contributed by atoms with van der Waals surface area (Å²) < 4.78 is 5.69. The number of aliphatic hydroxyl groups is 1. The molecule has 1 rings (SSSR count). The normalized spacial score (nSPS) is 11.9. The van der Waals surface area contributed by atoms with Crippen molar-refractivity contribution in [2.45, 2.75) is 6.04 Å². The van der Waals surface area contributed by atoms with E-state index in [9.17, 15) is 0 Å². The second kappa shape index (κ2) is 6.48. The van der Waals surface area contributed by atoms with Crippen LogP contribution in [0.25, 0.3) is 0 Å². The van der Waals surface area contributed by atoms with Crippen LogP contribution in [0.1, 0.15) is 5.56 Å². The molecular formula is C11H13BrN2O2. The van der Waals surface area contributed by atoms with Gasteiger partial charge in [-0.15, -0.1) is 0 Å². The Morgan fingerprint density at radius 2 is 2.38 bits per heavy atom. The quantitative estimate of drug-likeness (QED) is 0.865. The first kappa shape index (κ1) is 13.0. The highest BCUT2D eigenvalue weighted by Gasteiger charge is 2.07. The molecule has 86 valence electrons. The molecule has 0 saturated carbocycles. The first-order valence-electron chi connectivity index (χ1n) is 4.77.